The topological polar surface area (TPSA) is 46.5 Å². The van der Waals surface area contributed by atoms with Gasteiger partial charge in [0.15, 0.2) is 0 Å². The second kappa shape index (κ2) is 5.74. The summed E-state index contributed by atoms with van der Waals surface area (Å²) in [6, 6.07) is 10.9. The Morgan fingerprint density at radius 2 is 1.90 bits per heavy atom. The monoisotopic (exact) mass is 274 g/mol. The number of aromatic carboxylic acids is 1. The van der Waals surface area contributed by atoms with Crippen molar-refractivity contribution in [3.05, 3.63) is 53.8 Å². The average Bonchev–Trinajstić information content (AvgIpc) is 2.38. The molecule has 4 heteroatoms. The van der Waals surface area contributed by atoms with Gasteiger partial charge in [-0.3, -0.25) is 0 Å². The number of hydrogen-bond acceptors (Lipinski definition) is 2. The van der Waals surface area contributed by atoms with E-state index in [-0.39, 0.29) is 23.2 Å². The van der Waals surface area contributed by atoms with Gasteiger partial charge < -0.3 is 9.84 Å². The van der Waals surface area contributed by atoms with Crippen molar-refractivity contribution in [3.8, 4) is 16.9 Å². The molecule has 2 aromatic rings. The Labute approximate surface area is 116 Å². The highest BCUT2D eigenvalue weighted by Gasteiger charge is 2.15. The van der Waals surface area contributed by atoms with E-state index in [9.17, 15) is 9.18 Å². The van der Waals surface area contributed by atoms with E-state index in [0.29, 0.717) is 11.1 Å². The quantitative estimate of drug-likeness (QED) is 0.917. The van der Waals surface area contributed by atoms with Crippen molar-refractivity contribution < 1.29 is 19.0 Å². The van der Waals surface area contributed by atoms with Crippen LogP contribution >= 0.6 is 0 Å². The smallest absolute Gasteiger partial charge is 0.339 e. The molecule has 0 amide bonds. The predicted octanol–water partition coefficient (Wildman–Crippen LogP) is 3.98. The zero-order valence-electron chi connectivity index (χ0n) is 11.3. The van der Waals surface area contributed by atoms with Crippen molar-refractivity contribution >= 4 is 5.97 Å². The lowest BCUT2D eigenvalue weighted by molar-refractivity contribution is 0.0690. The molecule has 0 heterocycles. The molecule has 2 rings (SSSR count). The third kappa shape index (κ3) is 2.96. The lowest BCUT2D eigenvalue weighted by Gasteiger charge is -2.14. The summed E-state index contributed by atoms with van der Waals surface area (Å²) in [7, 11) is 0. The number of carboxylic acid groups (broad SMARTS) is 1. The summed E-state index contributed by atoms with van der Waals surface area (Å²) < 4.78 is 19.3. The molecule has 1 N–H and O–H groups in total. The molecule has 2 aromatic carbocycles. The molecule has 0 aliphatic heterocycles. The first-order chi connectivity index (χ1) is 9.49. The van der Waals surface area contributed by atoms with Gasteiger partial charge in [0.25, 0.3) is 0 Å². The molecular formula is C16H15FO3. The molecule has 0 aliphatic carbocycles. The number of hydrogen-bond donors (Lipinski definition) is 1. The fourth-order valence-corrected chi connectivity index (χ4v) is 1.91. The minimum Gasteiger partial charge on any atom is -0.490 e. The first-order valence-electron chi connectivity index (χ1n) is 6.28. The summed E-state index contributed by atoms with van der Waals surface area (Å²) >= 11 is 0. The summed E-state index contributed by atoms with van der Waals surface area (Å²) in [5.41, 5.74) is 1.07. The van der Waals surface area contributed by atoms with Gasteiger partial charge in [-0.05, 0) is 37.6 Å². The van der Waals surface area contributed by atoms with Crippen molar-refractivity contribution in [1.82, 2.24) is 0 Å². The van der Waals surface area contributed by atoms with Gasteiger partial charge in [0.1, 0.15) is 17.1 Å². The highest BCUT2D eigenvalue weighted by Crippen LogP contribution is 2.29. The Hall–Kier alpha value is -2.36. The molecule has 0 bridgehead atoms. The minimum absolute atomic E-state index is 0.0683. The summed E-state index contributed by atoms with van der Waals surface area (Å²) in [5.74, 6) is -1.18. The normalized spacial score (nSPS) is 10.6. The molecule has 104 valence electrons. The van der Waals surface area contributed by atoms with Crippen molar-refractivity contribution in [2.75, 3.05) is 0 Å². The van der Waals surface area contributed by atoms with E-state index in [1.54, 1.807) is 44.2 Å². The lowest BCUT2D eigenvalue weighted by atomic mass is 10.0. The second-order valence-electron chi connectivity index (χ2n) is 4.66. The molecule has 0 aliphatic rings. The molecule has 0 fully saturated rings. The van der Waals surface area contributed by atoms with Crippen LogP contribution in [0.5, 0.6) is 5.75 Å². The van der Waals surface area contributed by atoms with Crippen LogP contribution in [-0.2, 0) is 0 Å². The number of ether oxygens (including phenoxy) is 1. The van der Waals surface area contributed by atoms with E-state index in [1.807, 2.05) is 0 Å². The third-order valence-electron chi connectivity index (χ3n) is 2.76. The maximum absolute atomic E-state index is 13.8. The van der Waals surface area contributed by atoms with Gasteiger partial charge in [0.05, 0.1) is 6.10 Å². The van der Waals surface area contributed by atoms with Crippen LogP contribution in [0.4, 0.5) is 4.39 Å². The minimum atomic E-state index is -1.07. The van der Waals surface area contributed by atoms with E-state index in [0.717, 1.165) is 0 Å². The molecule has 0 aromatic heterocycles. The molecule has 0 saturated carbocycles. The van der Waals surface area contributed by atoms with E-state index in [4.69, 9.17) is 9.84 Å². The Bertz CT molecular complexity index is 635. The summed E-state index contributed by atoms with van der Waals surface area (Å²) in [6.45, 7) is 3.61. The maximum Gasteiger partial charge on any atom is 0.339 e. The van der Waals surface area contributed by atoms with Gasteiger partial charge in [0, 0.05) is 5.56 Å². The Kier molecular flexibility index (Phi) is 4.03. The van der Waals surface area contributed by atoms with Crippen molar-refractivity contribution in [3.63, 3.8) is 0 Å². The van der Waals surface area contributed by atoms with Gasteiger partial charge in [-0.25, -0.2) is 9.18 Å². The van der Waals surface area contributed by atoms with E-state index in [1.165, 1.54) is 12.1 Å². The molecular weight excluding hydrogens is 259 g/mol. The van der Waals surface area contributed by atoms with Gasteiger partial charge in [-0.1, -0.05) is 24.3 Å². The van der Waals surface area contributed by atoms with E-state index >= 15 is 0 Å². The Balaban J connectivity index is 2.52. The van der Waals surface area contributed by atoms with Gasteiger partial charge >= 0.3 is 5.97 Å². The van der Waals surface area contributed by atoms with Crippen LogP contribution in [0.2, 0.25) is 0 Å². The van der Waals surface area contributed by atoms with E-state index < -0.39 is 5.97 Å². The molecule has 0 spiro atoms. The first-order valence-corrected chi connectivity index (χ1v) is 6.28. The number of halogens is 1. The highest BCUT2D eigenvalue weighted by molar-refractivity contribution is 5.92. The fraction of sp³-hybridized carbons (Fsp3) is 0.188. The zero-order chi connectivity index (χ0) is 14.7. The second-order valence-corrected chi connectivity index (χ2v) is 4.66. The predicted molar refractivity (Wildman–Crippen MR) is 74.6 cm³/mol. The fourth-order valence-electron chi connectivity index (χ4n) is 1.91. The summed E-state index contributed by atoms with van der Waals surface area (Å²) in [4.78, 5) is 11.2. The number of carboxylic acids is 1. The van der Waals surface area contributed by atoms with Crippen LogP contribution in [-0.4, -0.2) is 17.2 Å². The third-order valence-corrected chi connectivity index (χ3v) is 2.76. The van der Waals surface area contributed by atoms with Crippen LogP contribution in [0.25, 0.3) is 11.1 Å². The first kappa shape index (κ1) is 14.1. The van der Waals surface area contributed by atoms with Crippen molar-refractivity contribution in [2.45, 2.75) is 20.0 Å². The van der Waals surface area contributed by atoms with E-state index in [2.05, 4.69) is 0 Å². The number of rotatable bonds is 4. The van der Waals surface area contributed by atoms with Gasteiger partial charge in [-0.15, -0.1) is 0 Å². The Morgan fingerprint density at radius 3 is 2.50 bits per heavy atom. The molecule has 0 radical (unpaired) electrons. The number of carbonyl (C=O) groups is 1. The van der Waals surface area contributed by atoms with Crippen LogP contribution in [0.15, 0.2) is 42.5 Å². The van der Waals surface area contributed by atoms with Crippen molar-refractivity contribution in [1.29, 1.82) is 0 Å². The molecule has 0 unspecified atom stereocenters. The zero-order valence-corrected chi connectivity index (χ0v) is 11.3. The van der Waals surface area contributed by atoms with Crippen LogP contribution in [0, 0.1) is 5.82 Å². The molecule has 3 nitrogen and oxygen atoms in total. The largest absolute Gasteiger partial charge is 0.490 e. The molecule has 0 saturated heterocycles. The number of benzene rings is 2. The van der Waals surface area contributed by atoms with Crippen LogP contribution in [0.3, 0.4) is 0 Å². The van der Waals surface area contributed by atoms with Crippen LogP contribution in [0.1, 0.15) is 24.2 Å². The van der Waals surface area contributed by atoms with Gasteiger partial charge in [0.2, 0.25) is 0 Å². The highest BCUT2D eigenvalue weighted by atomic mass is 19.1. The SMILES string of the molecule is CC(C)Oc1cc(-c2ccccc2F)ccc1C(=O)O. The molecule has 20 heavy (non-hydrogen) atoms. The summed E-state index contributed by atoms with van der Waals surface area (Å²) in [5, 5.41) is 9.14. The lowest BCUT2D eigenvalue weighted by Crippen LogP contribution is -2.10. The maximum atomic E-state index is 13.8. The Morgan fingerprint density at radius 1 is 1.20 bits per heavy atom. The van der Waals surface area contributed by atoms with Crippen molar-refractivity contribution in [2.24, 2.45) is 0 Å². The van der Waals surface area contributed by atoms with Gasteiger partial charge in [-0.2, -0.15) is 0 Å². The molecule has 0 atom stereocenters. The van der Waals surface area contributed by atoms with Crippen LogP contribution < -0.4 is 4.74 Å². The summed E-state index contributed by atoms with van der Waals surface area (Å²) in [6.07, 6.45) is -0.163. The average molecular weight is 274 g/mol. The standard InChI is InChI=1S/C16H15FO3/c1-10(2)20-15-9-11(7-8-13(15)16(18)19)12-5-3-4-6-14(12)17/h3-10H,1-2H3,(H,18,19).